The average molecular weight is 225 g/mol. The zero-order valence-corrected chi connectivity index (χ0v) is 8.69. The molecule has 0 saturated heterocycles. The Balaban J connectivity index is 0.000000853. The second kappa shape index (κ2) is 4.03. The van der Waals surface area contributed by atoms with Gasteiger partial charge in [0.15, 0.2) is 0 Å². The van der Waals surface area contributed by atoms with Gasteiger partial charge in [0.2, 0.25) is 0 Å². The molecule has 0 aliphatic carbocycles. The molecule has 0 radical (unpaired) electrons. The molecule has 1 atom stereocenters. The van der Waals surface area contributed by atoms with E-state index in [1.807, 2.05) is 6.07 Å². The third-order valence-corrected chi connectivity index (χ3v) is 3.50. The fourth-order valence-electron chi connectivity index (χ4n) is 2.50. The monoisotopic (exact) mass is 224 g/mol. The number of anilines is 1. The Morgan fingerprint density at radius 1 is 1.27 bits per heavy atom. The minimum Gasteiger partial charge on any atom is -0.383 e. The fourth-order valence-corrected chi connectivity index (χ4v) is 2.73. The lowest BCUT2D eigenvalue weighted by atomic mass is 9.95. The number of rotatable bonds is 0. The van der Waals surface area contributed by atoms with Crippen molar-refractivity contribution in [2.75, 3.05) is 25.0 Å². The molecular formula is C12H17ClN2. The lowest BCUT2D eigenvalue weighted by Gasteiger charge is -2.09. The summed E-state index contributed by atoms with van der Waals surface area (Å²) in [6.45, 7) is 3.19. The summed E-state index contributed by atoms with van der Waals surface area (Å²) in [4.78, 5) is 0. The van der Waals surface area contributed by atoms with Crippen molar-refractivity contribution >= 4 is 17.3 Å². The largest absolute Gasteiger partial charge is 0.383 e. The standard InChI is InChI=1S/C11H13ClN2.CH4/c12-9-2-1-7-3-4-13-5-8-6-14-11(9)10(7)8;/h1-2,8,13-14H,3-6H2;1H4/t8-;/m0./s1. The van der Waals surface area contributed by atoms with Gasteiger partial charge in [-0.15, -0.1) is 0 Å². The van der Waals surface area contributed by atoms with E-state index in [9.17, 15) is 0 Å². The lowest BCUT2D eigenvalue weighted by Crippen LogP contribution is -2.21. The Morgan fingerprint density at radius 2 is 2.13 bits per heavy atom. The van der Waals surface area contributed by atoms with Crippen LogP contribution in [0.25, 0.3) is 0 Å². The van der Waals surface area contributed by atoms with Gasteiger partial charge in [-0.05, 0) is 30.2 Å². The summed E-state index contributed by atoms with van der Waals surface area (Å²) >= 11 is 6.16. The van der Waals surface area contributed by atoms with E-state index in [0.717, 1.165) is 31.1 Å². The summed E-state index contributed by atoms with van der Waals surface area (Å²) in [6, 6.07) is 4.19. The van der Waals surface area contributed by atoms with Crippen molar-refractivity contribution in [3.8, 4) is 0 Å². The van der Waals surface area contributed by atoms with E-state index < -0.39 is 0 Å². The molecule has 82 valence electrons. The van der Waals surface area contributed by atoms with Crippen molar-refractivity contribution < 1.29 is 0 Å². The summed E-state index contributed by atoms with van der Waals surface area (Å²) in [5.74, 6) is 0.612. The summed E-state index contributed by atoms with van der Waals surface area (Å²) in [5.41, 5.74) is 4.10. The molecule has 3 rings (SSSR count). The molecule has 1 aromatic carbocycles. The highest BCUT2D eigenvalue weighted by atomic mass is 35.5. The molecule has 0 saturated carbocycles. The van der Waals surface area contributed by atoms with E-state index in [2.05, 4.69) is 16.7 Å². The Hall–Kier alpha value is -0.730. The zero-order valence-electron chi connectivity index (χ0n) is 7.94. The number of nitrogens with one attached hydrogen (secondary N) is 2. The highest BCUT2D eigenvalue weighted by Gasteiger charge is 2.28. The quantitative estimate of drug-likeness (QED) is 0.708. The minimum atomic E-state index is 0. The van der Waals surface area contributed by atoms with Gasteiger partial charge in [0.1, 0.15) is 0 Å². The van der Waals surface area contributed by atoms with Crippen LogP contribution in [0.4, 0.5) is 5.69 Å². The van der Waals surface area contributed by atoms with Crippen molar-refractivity contribution in [3.63, 3.8) is 0 Å². The Kier molecular flexibility index (Phi) is 2.89. The van der Waals surface area contributed by atoms with E-state index >= 15 is 0 Å². The molecule has 2 nitrogen and oxygen atoms in total. The van der Waals surface area contributed by atoms with Crippen molar-refractivity contribution in [1.82, 2.24) is 5.32 Å². The first-order valence-corrected chi connectivity index (χ1v) is 5.50. The number of hydrogen-bond donors (Lipinski definition) is 2. The molecule has 0 unspecified atom stereocenters. The summed E-state index contributed by atoms with van der Waals surface area (Å²) in [7, 11) is 0. The van der Waals surface area contributed by atoms with Crippen LogP contribution in [0.1, 0.15) is 24.5 Å². The van der Waals surface area contributed by atoms with Gasteiger partial charge in [0.25, 0.3) is 0 Å². The Labute approximate surface area is 96.0 Å². The SMILES string of the molecule is C.Clc1ccc2c3c1NC[C@@H]3CNCC2. The predicted octanol–water partition coefficient (Wildman–Crippen LogP) is 2.63. The average Bonchev–Trinajstić information content (AvgIpc) is 2.51. The van der Waals surface area contributed by atoms with E-state index in [0.29, 0.717) is 5.92 Å². The lowest BCUT2D eigenvalue weighted by molar-refractivity contribution is 0.639. The van der Waals surface area contributed by atoms with Crippen LogP contribution in [-0.2, 0) is 6.42 Å². The third-order valence-electron chi connectivity index (χ3n) is 3.18. The summed E-state index contributed by atoms with van der Waals surface area (Å²) in [6.07, 6.45) is 1.12. The maximum atomic E-state index is 6.16. The van der Waals surface area contributed by atoms with Crippen LogP contribution in [0.15, 0.2) is 12.1 Å². The van der Waals surface area contributed by atoms with Gasteiger partial charge < -0.3 is 10.6 Å². The first kappa shape index (κ1) is 10.8. The van der Waals surface area contributed by atoms with E-state index in [-0.39, 0.29) is 7.43 Å². The van der Waals surface area contributed by atoms with E-state index in [1.165, 1.54) is 16.8 Å². The number of hydrogen-bond acceptors (Lipinski definition) is 2. The molecule has 3 heteroatoms. The van der Waals surface area contributed by atoms with Crippen LogP contribution in [-0.4, -0.2) is 19.6 Å². The molecule has 1 aromatic rings. The predicted molar refractivity (Wildman–Crippen MR) is 66.0 cm³/mol. The molecule has 0 spiro atoms. The Bertz CT molecular complexity index is 376. The normalized spacial score (nSPS) is 22.3. The number of benzene rings is 1. The van der Waals surface area contributed by atoms with Crippen LogP contribution < -0.4 is 10.6 Å². The van der Waals surface area contributed by atoms with Crippen LogP contribution >= 0.6 is 11.6 Å². The van der Waals surface area contributed by atoms with Crippen molar-refractivity contribution in [2.24, 2.45) is 0 Å². The van der Waals surface area contributed by atoms with Gasteiger partial charge in [-0.25, -0.2) is 0 Å². The molecule has 15 heavy (non-hydrogen) atoms. The van der Waals surface area contributed by atoms with Gasteiger partial charge in [-0.2, -0.15) is 0 Å². The first-order valence-electron chi connectivity index (χ1n) is 5.12. The first-order chi connectivity index (χ1) is 6.86. The summed E-state index contributed by atoms with van der Waals surface area (Å²) in [5, 5.41) is 7.74. The zero-order chi connectivity index (χ0) is 9.54. The molecule has 0 bridgehead atoms. The molecule has 0 aromatic heterocycles. The molecule has 2 N–H and O–H groups in total. The molecule has 2 aliphatic rings. The van der Waals surface area contributed by atoms with Gasteiger partial charge in [-0.3, -0.25) is 0 Å². The third kappa shape index (κ3) is 1.62. The second-order valence-electron chi connectivity index (χ2n) is 4.03. The highest BCUT2D eigenvalue weighted by Crippen LogP contribution is 2.39. The smallest absolute Gasteiger partial charge is 0.0640 e. The molecule has 0 fully saturated rings. The maximum Gasteiger partial charge on any atom is 0.0640 e. The van der Waals surface area contributed by atoms with Crippen LogP contribution in [0.3, 0.4) is 0 Å². The topological polar surface area (TPSA) is 24.1 Å². The fraction of sp³-hybridized carbons (Fsp3) is 0.500. The number of halogens is 1. The maximum absolute atomic E-state index is 6.16. The molecule has 2 aliphatic heterocycles. The second-order valence-corrected chi connectivity index (χ2v) is 4.43. The molecule has 0 amide bonds. The van der Waals surface area contributed by atoms with Crippen molar-refractivity contribution in [1.29, 1.82) is 0 Å². The van der Waals surface area contributed by atoms with Gasteiger partial charge >= 0.3 is 0 Å². The Morgan fingerprint density at radius 3 is 3.00 bits per heavy atom. The highest BCUT2D eigenvalue weighted by molar-refractivity contribution is 6.33. The molecule has 2 heterocycles. The van der Waals surface area contributed by atoms with Crippen molar-refractivity contribution in [3.05, 3.63) is 28.3 Å². The molecular weight excluding hydrogens is 208 g/mol. The van der Waals surface area contributed by atoms with Crippen LogP contribution in [0.5, 0.6) is 0 Å². The van der Waals surface area contributed by atoms with Crippen LogP contribution in [0.2, 0.25) is 5.02 Å². The van der Waals surface area contributed by atoms with Crippen molar-refractivity contribution in [2.45, 2.75) is 19.8 Å². The van der Waals surface area contributed by atoms with Gasteiger partial charge in [0.05, 0.1) is 10.7 Å². The van der Waals surface area contributed by atoms with Gasteiger partial charge in [-0.1, -0.05) is 25.1 Å². The minimum absolute atomic E-state index is 0. The van der Waals surface area contributed by atoms with E-state index in [4.69, 9.17) is 11.6 Å². The summed E-state index contributed by atoms with van der Waals surface area (Å²) < 4.78 is 0. The van der Waals surface area contributed by atoms with Gasteiger partial charge in [0, 0.05) is 19.0 Å². The van der Waals surface area contributed by atoms with Crippen LogP contribution in [0, 0.1) is 0 Å². The van der Waals surface area contributed by atoms with E-state index in [1.54, 1.807) is 0 Å².